The van der Waals surface area contributed by atoms with Crippen molar-refractivity contribution in [3.8, 4) is 0 Å². The van der Waals surface area contributed by atoms with Crippen LogP contribution in [0.1, 0.15) is 52.8 Å². The molecule has 1 aromatic carbocycles. The number of rotatable bonds is 7. The van der Waals surface area contributed by atoms with Crippen molar-refractivity contribution >= 4 is 34.4 Å². The predicted molar refractivity (Wildman–Crippen MR) is 97.3 cm³/mol. The lowest BCUT2D eigenvalue weighted by Gasteiger charge is -2.27. The lowest BCUT2D eigenvalue weighted by Crippen LogP contribution is -2.54. The van der Waals surface area contributed by atoms with Gasteiger partial charge in [-0.3, -0.25) is 33.6 Å². The van der Waals surface area contributed by atoms with E-state index in [4.69, 9.17) is 5.73 Å². The number of nitrogens with two attached hydrogens (primary N) is 1. The minimum atomic E-state index is -1.43. The summed E-state index contributed by atoms with van der Waals surface area (Å²) in [5, 5.41) is 2.16. The lowest BCUT2D eigenvalue weighted by molar-refractivity contribution is -0.136. The highest BCUT2D eigenvalue weighted by atomic mass is 32.2. The maximum atomic E-state index is 12.9. The summed E-state index contributed by atoms with van der Waals surface area (Å²) in [6.07, 6.45) is 2.53. The lowest BCUT2D eigenvalue weighted by atomic mass is 10.0. The highest BCUT2D eigenvalue weighted by Gasteiger charge is 2.45. The number of hydrogen-bond acceptors (Lipinski definition) is 6. The van der Waals surface area contributed by atoms with E-state index in [1.54, 1.807) is 12.1 Å². The first kappa shape index (κ1) is 19.4. The van der Waals surface area contributed by atoms with Crippen LogP contribution in [0.4, 0.5) is 0 Å². The summed E-state index contributed by atoms with van der Waals surface area (Å²) in [5.41, 5.74) is 5.70. The summed E-state index contributed by atoms with van der Waals surface area (Å²) in [6, 6.07) is 3.64. The summed E-state index contributed by atoms with van der Waals surface area (Å²) in [7, 11) is -1.43. The predicted octanol–water partition coefficient (Wildman–Crippen LogP) is 0.324. The van der Waals surface area contributed by atoms with Crippen LogP contribution in [-0.4, -0.2) is 51.1 Å². The van der Waals surface area contributed by atoms with Gasteiger partial charge in [0.15, 0.2) is 0 Å². The number of fused-ring (bicyclic) bond motifs is 1. The fourth-order valence-electron chi connectivity index (χ4n) is 3.34. The zero-order valence-corrected chi connectivity index (χ0v) is 15.5. The molecule has 0 aliphatic carbocycles. The Balaban J connectivity index is 1.85. The molecule has 9 heteroatoms. The number of benzene rings is 1. The Morgan fingerprint density at radius 2 is 1.89 bits per heavy atom. The second-order valence-corrected chi connectivity index (χ2v) is 8.06. The number of piperidine rings is 1. The van der Waals surface area contributed by atoms with Gasteiger partial charge < -0.3 is 5.73 Å². The van der Waals surface area contributed by atoms with E-state index >= 15 is 0 Å². The van der Waals surface area contributed by atoms with Crippen molar-refractivity contribution in [3.63, 3.8) is 0 Å². The molecular weight excluding hydrogens is 370 g/mol. The average molecular weight is 391 g/mol. The quantitative estimate of drug-likeness (QED) is 0.509. The molecule has 1 fully saturated rings. The Morgan fingerprint density at radius 3 is 2.59 bits per heavy atom. The second-order valence-electron chi connectivity index (χ2n) is 6.52. The van der Waals surface area contributed by atoms with Gasteiger partial charge in [-0.1, -0.05) is 12.5 Å². The molecule has 2 aliphatic heterocycles. The van der Waals surface area contributed by atoms with Crippen LogP contribution in [-0.2, 0) is 20.4 Å². The van der Waals surface area contributed by atoms with Crippen molar-refractivity contribution in [2.24, 2.45) is 5.73 Å². The fraction of sp³-hybridized carbons (Fsp3) is 0.444. The van der Waals surface area contributed by atoms with E-state index in [-0.39, 0.29) is 24.0 Å². The molecule has 8 nitrogen and oxygen atoms in total. The molecular formula is C18H21N3O5S. The topological polar surface area (TPSA) is 127 Å². The minimum Gasteiger partial charge on any atom is -0.330 e. The number of hydrogen-bond donors (Lipinski definition) is 2. The van der Waals surface area contributed by atoms with Crippen LogP contribution >= 0.6 is 0 Å². The molecule has 4 amide bonds. The van der Waals surface area contributed by atoms with Crippen LogP contribution in [0.15, 0.2) is 23.1 Å². The first-order valence-corrected chi connectivity index (χ1v) is 10.2. The van der Waals surface area contributed by atoms with E-state index in [0.717, 1.165) is 17.7 Å². The summed E-state index contributed by atoms with van der Waals surface area (Å²) in [5.74, 6) is -1.93. The first-order chi connectivity index (χ1) is 13.0. The van der Waals surface area contributed by atoms with Gasteiger partial charge in [-0.15, -0.1) is 0 Å². The molecule has 2 aliphatic rings. The van der Waals surface area contributed by atoms with Gasteiger partial charge in [-0.2, -0.15) is 0 Å². The number of unbranched alkanes of at least 4 members (excludes halogenated alkanes) is 2. The van der Waals surface area contributed by atoms with Gasteiger partial charge in [0.25, 0.3) is 11.8 Å². The van der Waals surface area contributed by atoms with Gasteiger partial charge in [0.05, 0.1) is 26.8 Å². The molecule has 144 valence electrons. The maximum absolute atomic E-state index is 12.9. The Bertz CT molecular complexity index is 838. The molecule has 0 spiro atoms. The smallest absolute Gasteiger partial charge is 0.263 e. The van der Waals surface area contributed by atoms with Crippen molar-refractivity contribution < 1.29 is 23.4 Å². The molecule has 2 atom stereocenters. The van der Waals surface area contributed by atoms with Gasteiger partial charge in [0.1, 0.15) is 6.04 Å². The number of nitrogens with zero attached hydrogens (tertiary/aromatic N) is 1. The van der Waals surface area contributed by atoms with Crippen molar-refractivity contribution in [1.29, 1.82) is 0 Å². The molecule has 2 unspecified atom stereocenters. The van der Waals surface area contributed by atoms with E-state index in [2.05, 4.69) is 5.32 Å². The van der Waals surface area contributed by atoms with E-state index in [9.17, 15) is 23.4 Å². The van der Waals surface area contributed by atoms with Crippen molar-refractivity contribution in [1.82, 2.24) is 10.2 Å². The summed E-state index contributed by atoms with van der Waals surface area (Å²) in [4.78, 5) is 50.3. The molecule has 2 heterocycles. The molecule has 1 aromatic rings. The normalized spacial score (nSPS) is 20.6. The number of carbonyl (C=O) groups is 4. The molecule has 0 aromatic heterocycles. The Morgan fingerprint density at radius 1 is 1.11 bits per heavy atom. The van der Waals surface area contributed by atoms with Gasteiger partial charge in [0, 0.05) is 12.2 Å². The molecule has 1 saturated heterocycles. The van der Waals surface area contributed by atoms with Crippen LogP contribution in [0.25, 0.3) is 0 Å². The third kappa shape index (κ3) is 3.70. The van der Waals surface area contributed by atoms with Crippen LogP contribution in [0.2, 0.25) is 0 Å². The first-order valence-electron chi connectivity index (χ1n) is 8.88. The van der Waals surface area contributed by atoms with E-state index in [1.807, 2.05) is 0 Å². The van der Waals surface area contributed by atoms with Gasteiger partial charge in [-0.25, -0.2) is 0 Å². The number of nitrogens with one attached hydrogen (secondary N) is 1. The number of imide groups is 2. The summed E-state index contributed by atoms with van der Waals surface area (Å²) < 4.78 is 12.7. The minimum absolute atomic E-state index is 0.0593. The number of amides is 4. The van der Waals surface area contributed by atoms with Gasteiger partial charge in [0.2, 0.25) is 11.8 Å². The Labute approximate surface area is 158 Å². The standard InChI is InChI=1S/C18H21N3O5S/c19-9-2-1-3-10-27(26)13-6-4-5-11-15(13)18(25)21(17(11)24)12-7-8-14(22)20-16(12)23/h4-6,12H,1-3,7-10,19H2,(H,20,22,23). The number of carbonyl (C=O) groups excluding carboxylic acids is 4. The fourth-order valence-corrected chi connectivity index (χ4v) is 4.68. The zero-order chi connectivity index (χ0) is 19.6. The third-order valence-corrected chi connectivity index (χ3v) is 6.20. The molecule has 0 saturated carbocycles. The molecule has 27 heavy (non-hydrogen) atoms. The third-order valence-electron chi connectivity index (χ3n) is 4.71. The molecule has 0 bridgehead atoms. The van der Waals surface area contributed by atoms with Gasteiger partial charge in [-0.05, 0) is 37.9 Å². The van der Waals surface area contributed by atoms with Crippen LogP contribution < -0.4 is 11.1 Å². The monoisotopic (exact) mass is 391 g/mol. The van der Waals surface area contributed by atoms with E-state index < -0.39 is 40.5 Å². The van der Waals surface area contributed by atoms with Gasteiger partial charge >= 0.3 is 0 Å². The van der Waals surface area contributed by atoms with Crippen LogP contribution in [0.3, 0.4) is 0 Å². The summed E-state index contributed by atoms with van der Waals surface area (Å²) in [6.45, 7) is 0.571. The molecule has 0 radical (unpaired) electrons. The SMILES string of the molecule is NCCCCCS(=O)c1cccc2c1C(=O)N(C1CCC(=O)NC1=O)C2=O. The summed E-state index contributed by atoms with van der Waals surface area (Å²) >= 11 is 0. The Hall–Kier alpha value is -2.39. The second kappa shape index (κ2) is 8.10. The van der Waals surface area contributed by atoms with Crippen LogP contribution in [0.5, 0.6) is 0 Å². The van der Waals surface area contributed by atoms with Crippen molar-refractivity contribution in [3.05, 3.63) is 29.3 Å². The van der Waals surface area contributed by atoms with Crippen molar-refractivity contribution in [2.45, 2.75) is 43.0 Å². The van der Waals surface area contributed by atoms with Crippen LogP contribution in [0, 0.1) is 0 Å². The Kier molecular flexibility index (Phi) is 5.81. The maximum Gasteiger partial charge on any atom is 0.263 e. The highest BCUT2D eigenvalue weighted by molar-refractivity contribution is 7.85. The van der Waals surface area contributed by atoms with Crippen molar-refractivity contribution in [2.75, 3.05) is 12.3 Å². The largest absolute Gasteiger partial charge is 0.330 e. The molecule has 3 rings (SSSR count). The van der Waals surface area contributed by atoms with E-state index in [0.29, 0.717) is 23.6 Å². The highest BCUT2D eigenvalue weighted by Crippen LogP contribution is 2.31. The average Bonchev–Trinajstić information content (AvgIpc) is 2.90. The van der Waals surface area contributed by atoms with E-state index in [1.165, 1.54) is 6.07 Å². The zero-order valence-electron chi connectivity index (χ0n) is 14.7. The molecule has 3 N–H and O–H groups in total.